The molecule has 0 unspecified atom stereocenters. The van der Waals surface area contributed by atoms with Crippen molar-refractivity contribution in [2.45, 2.75) is 124 Å². The number of unbranched alkanes of at least 4 members (excludes halogenated alkanes) is 15. The molecule has 0 saturated carbocycles. The first-order valence-electron chi connectivity index (χ1n) is 16.9. The number of carbonyl (C=O) groups excluding carboxylic acids is 2. The summed E-state index contributed by atoms with van der Waals surface area (Å²) >= 11 is 0. The van der Waals surface area contributed by atoms with E-state index in [1.54, 1.807) is 0 Å². The maximum Gasteiger partial charge on any atom is 0.320 e. The Kier molecular flexibility index (Phi) is 18.4. The molecule has 0 aromatic rings. The van der Waals surface area contributed by atoms with Crippen molar-refractivity contribution in [2.75, 3.05) is 72.0 Å². The lowest BCUT2D eigenvalue weighted by Gasteiger charge is -2.37. The Balaban J connectivity index is 1.41. The highest BCUT2D eigenvalue weighted by Crippen LogP contribution is 2.15. The van der Waals surface area contributed by atoms with Gasteiger partial charge in [0.05, 0.1) is 0 Å². The third-order valence-electron chi connectivity index (χ3n) is 8.83. The van der Waals surface area contributed by atoms with Gasteiger partial charge in [-0.1, -0.05) is 103 Å². The fourth-order valence-corrected chi connectivity index (χ4v) is 6.02. The van der Waals surface area contributed by atoms with Gasteiger partial charge in [0.15, 0.2) is 0 Å². The van der Waals surface area contributed by atoms with Gasteiger partial charge in [0.25, 0.3) is 0 Å². The SMILES string of the molecule is CCCCCCCCCCCCCCCCCCN1CCN(CCN2CCN(C(=O)N(CC)CC)CC2)C1=O. The van der Waals surface area contributed by atoms with Crippen LogP contribution in [0.15, 0.2) is 0 Å². The zero-order valence-electron chi connectivity index (χ0n) is 26.1. The van der Waals surface area contributed by atoms with Crippen LogP contribution in [0.5, 0.6) is 0 Å². The maximum atomic E-state index is 12.8. The smallest absolute Gasteiger partial charge is 0.320 e. The molecule has 0 bridgehead atoms. The summed E-state index contributed by atoms with van der Waals surface area (Å²) in [5.41, 5.74) is 0. The molecule has 7 heteroatoms. The first-order valence-corrected chi connectivity index (χ1v) is 16.9. The van der Waals surface area contributed by atoms with E-state index in [0.717, 1.165) is 78.4 Å². The fourth-order valence-electron chi connectivity index (χ4n) is 6.02. The summed E-state index contributed by atoms with van der Waals surface area (Å²) in [4.78, 5) is 35.7. The molecule has 39 heavy (non-hydrogen) atoms. The van der Waals surface area contributed by atoms with E-state index < -0.39 is 0 Å². The number of nitrogens with zero attached hydrogens (tertiary/aromatic N) is 5. The van der Waals surface area contributed by atoms with Crippen LogP contribution in [0, 0.1) is 0 Å². The predicted octanol–water partition coefficient (Wildman–Crippen LogP) is 7.06. The number of hydrogen-bond donors (Lipinski definition) is 0. The quantitative estimate of drug-likeness (QED) is 0.136. The van der Waals surface area contributed by atoms with Gasteiger partial charge in [-0.05, 0) is 20.3 Å². The van der Waals surface area contributed by atoms with E-state index in [2.05, 4.69) is 16.7 Å². The lowest BCUT2D eigenvalue weighted by Crippen LogP contribution is -2.53. The number of rotatable bonds is 22. The van der Waals surface area contributed by atoms with E-state index in [1.807, 2.05) is 28.5 Å². The molecule has 228 valence electrons. The van der Waals surface area contributed by atoms with E-state index in [0.29, 0.717) is 0 Å². The van der Waals surface area contributed by atoms with Crippen molar-refractivity contribution in [3.05, 3.63) is 0 Å². The minimum Gasteiger partial charge on any atom is -0.325 e. The van der Waals surface area contributed by atoms with Crippen LogP contribution in [0.1, 0.15) is 124 Å². The summed E-state index contributed by atoms with van der Waals surface area (Å²) in [5.74, 6) is 0. The number of hydrogen-bond acceptors (Lipinski definition) is 3. The number of piperazine rings is 1. The second kappa shape index (κ2) is 21.3. The first-order chi connectivity index (χ1) is 19.1. The summed E-state index contributed by atoms with van der Waals surface area (Å²) in [6.07, 6.45) is 22.1. The van der Waals surface area contributed by atoms with Gasteiger partial charge < -0.3 is 19.6 Å². The van der Waals surface area contributed by atoms with Crippen LogP contribution in [0.3, 0.4) is 0 Å². The molecule has 2 aliphatic rings. The molecule has 0 N–H and O–H groups in total. The lowest BCUT2D eigenvalue weighted by molar-refractivity contribution is 0.111. The van der Waals surface area contributed by atoms with Gasteiger partial charge in [0.1, 0.15) is 0 Å². The highest BCUT2D eigenvalue weighted by atomic mass is 16.2. The molecule has 2 heterocycles. The van der Waals surface area contributed by atoms with Gasteiger partial charge in [-0.3, -0.25) is 4.90 Å². The summed E-state index contributed by atoms with van der Waals surface area (Å²) in [7, 11) is 0. The van der Waals surface area contributed by atoms with Crippen LogP contribution in [-0.4, -0.2) is 109 Å². The second-order valence-corrected chi connectivity index (χ2v) is 11.8. The number of urea groups is 2. The number of amides is 4. The molecular formula is C32H63N5O2. The van der Waals surface area contributed by atoms with Crippen LogP contribution >= 0.6 is 0 Å². The molecule has 0 aliphatic carbocycles. The van der Waals surface area contributed by atoms with Crippen LogP contribution in [0.4, 0.5) is 9.59 Å². The molecule has 4 amide bonds. The lowest BCUT2D eigenvalue weighted by atomic mass is 10.0. The average molecular weight is 550 g/mol. The molecule has 0 atom stereocenters. The Morgan fingerprint density at radius 3 is 1.46 bits per heavy atom. The van der Waals surface area contributed by atoms with Gasteiger partial charge >= 0.3 is 12.1 Å². The Hall–Kier alpha value is -1.50. The van der Waals surface area contributed by atoms with Crippen LogP contribution < -0.4 is 0 Å². The average Bonchev–Trinajstić information content (AvgIpc) is 3.31. The van der Waals surface area contributed by atoms with Crippen molar-refractivity contribution < 1.29 is 9.59 Å². The minimum atomic E-state index is 0.166. The molecule has 2 saturated heterocycles. The fraction of sp³-hybridized carbons (Fsp3) is 0.938. The molecule has 2 rings (SSSR count). The molecule has 0 radical (unpaired) electrons. The third kappa shape index (κ3) is 13.6. The normalized spacial score (nSPS) is 16.5. The summed E-state index contributed by atoms with van der Waals surface area (Å²) < 4.78 is 0. The van der Waals surface area contributed by atoms with Gasteiger partial charge in [-0.2, -0.15) is 0 Å². The molecule has 0 aromatic carbocycles. The Labute approximate surface area is 241 Å². The van der Waals surface area contributed by atoms with Gasteiger partial charge in [0, 0.05) is 72.0 Å². The van der Waals surface area contributed by atoms with Gasteiger partial charge in [-0.15, -0.1) is 0 Å². The predicted molar refractivity (Wildman–Crippen MR) is 164 cm³/mol. The van der Waals surface area contributed by atoms with E-state index in [-0.39, 0.29) is 12.1 Å². The summed E-state index contributed by atoms with van der Waals surface area (Å²) in [6.45, 7) is 15.6. The largest absolute Gasteiger partial charge is 0.325 e. The minimum absolute atomic E-state index is 0.166. The molecule has 7 nitrogen and oxygen atoms in total. The monoisotopic (exact) mass is 549 g/mol. The van der Waals surface area contributed by atoms with Crippen molar-refractivity contribution in [2.24, 2.45) is 0 Å². The highest BCUT2D eigenvalue weighted by Gasteiger charge is 2.29. The topological polar surface area (TPSA) is 50.3 Å². The van der Waals surface area contributed by atoms with E-state index in [9.17, 15) is 9.59 Å². The molecule has 0 spiro atoms. The molecule has 0 aromatic heterocycles. The van der Waals surface area contributed by atoms with Crippen molar-refractivity contribution in [3.8, 4) is 0 Å². The van der Waals surface area contributed by atoms with Crippen LogP contribution in [0.25, 0.3) is 0 Å². The van der Waals surface area contributed by atoms with Crippen molar-refractivity contribution in [1.29, 1.82) is 0 Å². The first kappa shape index (κ1) is 33.7. The zero-order chi connectivity index (χ0) is 28.1. The Morgan fingerprint density at radius 2 is 1.00 bits per heavy atom. The van der Waals surface area contributed by atoms with E-state index in [1.165, 1.54) is 96.3 Å². The van der Waals surface area contributed by atoms with Gasteiger partial charge in [-0.25, -0.2) is 9.59 Å². The van der Waals surface area contributed by atoms with Crippen LogP contribution in [-0.2, 0) is 0 Å². The standard InChI is InChI=1S/C32H63N5O2/c1-4-7-8-9-10-11-12-13-14-15-16-17-18-19-20-21-22-35-29-30-37(32(35)39)28-25-33-23-26-36(27-24-33)31(38)34(5-2)6-3/h4-30H2,1-3H3. The summed E-state index contributed by atoms with van der Waals surface area (Å²) in [5, 5.41) is 0. The van der Waals surface area contributed by atoms with Crippen LogP contribution in [0.2, 0.25) is 0 Å². The van der Waals surface area contributed by atoms with Gasteiger partial charge in [0.2, 0.25) is 0 Å². The van der Waals surface area contributed by atoms with Crippen molar-refractivity contribution in [1.82, 2.24) is 24.5 Å². The molecule has 2 aliphatic heterocycles. The van der Waals surface area contributed by atoms with Crippen molar-refractivity contribution >= 4 is 12.1 Å². The zero-order valence-corrected chi connectivity index (χ0v) is 26.1. The Bertz CT molecular complexity index is 634. The van der Waals surface area contributed by atoms with Crippen molar-refractivity contribution in [3.63, 3.8) is 0 Å². The highest BCUT2D eigenvalue weighted by molar-refractivity contribution is 5.76. The summed E-state index contributed by atoms with van der Waals surface area (Å²) in [6, 6.07) is 0.394. The molecule has 2 fully saturated rings. The second-order valence-electron chi connectivity index (χ2n) is 11.8. The van der Waals surface area contributed by atoms with E-state index in [4.69, 9.17) is 0 Å². The van der Waals surface area contributed by atoms with E-state index >= 15 is 0 Å². The molecular weight excluding hydrogens is 486 g/mol. The Morgan fingerprint density at radius 1 is 0.564 bits per heavy atom. The maximum absolute atomic E-state index is 12.8. The third-order valence-corrected chi connectivity index (χ3v) is 8.83. The number of carbonyl (C=O) groups is 2.